The Balaban J connectivity index is 1.38. The summed E-state index contributed by atoms with van der Waals surface area (Å²) in [6.07, 6.45) is 3.77. The Morgan fingerprint density at radius 1 is 1.11 bits per heavy atom. The van der Waals surface area contributed by atoms with Gasteiger partial charge in [-0.2, -0.15) is 0 Å². The molecule has 0 fully saturated rings. The number of fused-ring (bicyclic) bond motifs is 1. The van der Waals surface area contributed by atoms with Gasteiger partial charge in [-0.1, -0.05) is 35.6 Å². The average Bonchev–Trinajstić information content (AvgIpc) is 3.08. The van der Waals surface area contributed by atoms with Gasteiger partial charge in [0.15, 0.2) is 5.13 Å². The molecule has 0 saturated heterocycles. The summed E-state index contributed by atoms with van der Waals surface area (Å²) >= 11 is 1.49. The third-order valence-electron chi connectivity index (χ3n) is 4.18. The van der Waals surface area contributed by atoms with Crippen molar-refractivity contribution in [2.45, 2.75) is 20.0 Å². The first kappa shape index (κ1) is 18.1. The largest absolute Gasteiger partial charge is 0.489 e. The van der Waals surface area contributed by atoms with E-state index < -0.39 is 0 Å². The molecule has 28 heavy (non-hydrogen) atoms. The highest BCUT2D eigenvalue weighted by molar-refractivity contribution is 7.22. The van der Waals surface area contributed by atoms with E-state index in [-0.39, 0.29) is 12.3 Å². The van der Waals surface area contributed by atoms with E-state index in [2.05, 4.69) is 21.4 Å². The SMILES string of the molecule is Cc1ccc2nc(NC(=O)Cc3cccc(OCc4cccnc4)c3)sc2c1. The van der Waals surface area contributed by atoms with Gasteiger partial charge in [0, 0.05) is 18.0 Å². The molecule has 4 aromatic rings. The highest BCUT2D eigenvalue weighted by Gasteiger charge is 2.09. The molecule has 6 heteroatoms. The Kier molecular flexibility index (Phi) is 5.30. The van der Waals surface area contributed by atoms with E-state index in [4.69, 9.17) is 4.74 Å². The fourth-order valence-electron chi connectivity index (χ4n) is 2.83. The lowest BCUT2D eigenvalue weighted by Crippen LogP contribution is -2.14. The maximum Gasteiger partial charge on any atom is 0.230 e. The fraction of sp³-hybridized carbons (Fsp3) is 0.136. The van der Waals surface area contributed by atoms with Gasteiger partial charge in [-0.05, 0) is 48.4 Å². The van der Waals surface area contributed by atoms with Crippen LogP contribution in [-0.2, 0) is 17.8 Å². The van der Waals surface area contributed by atoms with Crippen molar-refractivity contribution in [1.82, 2.24) is 9.97 Å². The molecule has 1 N–H and O–H groups in total. The number of rotatable bonds is 6. The molecule has 4 rings (SSSR count). The molecule has 5 nitrogen and oxygen atoms in total. The number of pyridine rings is 1. The van der Waals surface area contributed by atoms with Gasteiger partial charge in [-0.25, -0.2) is 4.98 Å². The molecule has 0 bridgehead atoms. The van der Waals surface area contributed by atoms with Gasteiger partial charge in [0.1, 0.15) is 12.4 Å². The number of hydrogen-bond acceptors (Lipinski definition) is 5. The Labute approximate surface area is 167 Å². The van der Waals surface area contributed by atoms with Crippen molar-refractivity contribution in [2.75, 3.05) is 5.32 Å². The molecule has 2 heterocycles. The van der Waals surface area contributed by atoms with E-state index in [1.54, 1.807) is 12.4 Å². The summed E-state index contributed by atoms with van der Waals surface area (Å²) in [5.74, 6) is 0.629. The third-order valence-corrected chi connectivity index (χ3v) is 5.12. The maximum absolute atomic E-state index is 12.4. The summed E-state index contributed by atoms with van der Waals surface area (Å²) in [6, 6.07) is 17.5. The van der Waals surface area contributed by atoms with Crippen molar-refractivity contribution in [3.8, 4) is 5.75 Å². The first-order valence-corrected chi connectivity index (χ1v) is 9.75. The molecule has 0 aliphatic carbocycles. The Bertz CT molecular complexity index is 1110. The minimum Gasteiger partial charge on any atom is -0.489 e. The summed E-state index contributed by atoms with van der Waals surface area (Å²) in [4.78, 5) is 21.0. The Morgan fingerprint density at radius 3 is 2.86 bits per heavy atom. The molecule has 0 aliphatic rings. The number of aryl methyl sites for hydroxylation is 1. The van der Waals surface area contributed by atoms with E-state index in [1.165, 1.54) is 16.9 Å². The number of anilines is 1. The summed E-state index contributed by atoms with van der Waals surface area (Å²) < 4.78 is 6.87. The molecule has 0 radical (unpaired) electrons. The quantitative estimate of drug-likeness (QED) is 0.516. The standard InChI is InChI=1S/C22H19N3O2S/c1-15-7-8-19-20(10-15)28-22(24-19)25-21(26)12-16-4-2-6-18(11-16)27-14-17-5-3-9-23-13-17/h2-11,13H,12,14H2,1H3,(H,24,25,26). The number of nitrogens with zero attached hydrogens (tertiary/aromatic N) is 2. The number of aromatic nitrogens is 2. The predicted molar refractivity (Wildman–Crippen MR) is 112 cm³/mol. The molecule has 2 aromatic carbocycles. The molecule has 0 atom stereocenters. The zero-order valence-electron chi connectivity index (χ0n) is 15.4. The number of nitrogens with one attached hydrogen (secondary N) is 1. The van der Waals surface area contributed by atoms with Crippen molar-refractivity contribution in [3.63, 3.8) is 0 Å². The number of carbonyl (C=O) groups excluding carboxylic acids is 1. The predicted octanol–water partition coefficient (Wildman–Crippen LogP) is 4.76. The molecule has 0 aliphatic heterocycles. The van der Waals surface area contributed by atoms with Crippen LogP contribution in [0, 0.1) is 6.92 Å². The molecular weight excluding hydrogens is 370 g/mol. The van der Waals surface area contributed by atoms with Gasteiger partial charge in [-0.15, -0.1) is 0 Å². The Morgan fingerprint density at radius 2 is 2.00 bits per heavy atom. The van der Waals surface area contributed by atoms with Gasteiger partial charge in [-0.3, -0.25) is 9.78 Å². The van der Waals surface area contributed by atoms with Crippen LogP contribution >= 0.6 is 11.3 Å². The van der Waals surface area contributed by atoms with Crippen molar-refractivity contribution >= 4 is 32.6 Å². The van der Waals surface area contributed by atoms with Crippen LogP contribution in [-0.4, -0.2) is 15.9 Å². The van der Waals surface area contributed by atoms with Crippen molar-refractivity contribution in [3.05, 3.63) is 83.7 Å². The molecule has 0 spiro atoms. The minimum atomic E-state index is -0.0970. The summed E-state index contributed by atoms with van der Waals surface area (Å²) in [5, 5.41) is 3.52. The van der Waals surface area contributed by atoms with Crippen molar-refractivity contribution in [2.24, 2.45) is 0 Å². The second-order valence-corrected chi connectivity index (χ2v) is 7.54. The summed E-state index contributed by atoms with van der Waals surface area (Å²) in [5.41, 5.74) is 3.96. The van der Waals surface area contributed by atoms with Gasteiger partial charge in [0.25, 0.3) is 0 Å². The number of ether oxygens (including phenoxy) is 1. The maximum atomic E-state index is 12.4. The van der Waals surface area contributed by atoms with Gasteiger partial charge in [0.2, 0.25) is 5.91 Å². The molecule has 1 amide bonds. The van der Waals surface area contributed by atoms with Crippen LogP contribution in [0.3, 0.4) is 0 Å². The van der Waals surface area contributed by atoms with E-state index in [0.717, 1.165) is 27.1 Å². The van der Waals surface area contributed by atoms with E-state index in [1.807, 2.05) is 55.5 Å². The number of benzene rings is 2. The number of thiazole rings is 1. The van der Waals surface area contributed by atoms with E-state index in [9.17, 15) is 4.79 Å². The first-order valence-electron chi connectivity index (χ1n) is 8.93. The first-order chi connectivity index (χ1) is 13.7. The topological polar surface area (TPSA) is 64.1 Å². The van der Waals surface area contributed by atoms with Crippen LogP contribution < -0.4 is 10.1 Å². The zero-order chi connectivity index (χ0) is 19.3. The van der Waals surface area contributed by atoms with Gasteiger partial charge in [0.05, 0.1) is 16.6 Å². The lowest BCUT2D eigenvalue weighted by Gasteiger charge is -2.08. The molecule has 0 unspecified atom stereocenters. The smallest absolute Gasteiger partial charge is 0.230 e. The number of hydrogen-bond donors (Lipinski definition) is 1. The van der Waals surface area contributed by atoms with Crippen LogP contribution in [0.25, 0.3) is 10.2 Å². The van der Waals surface area contributed by atoms with Crippen LogP contribution in [0.2, 0.25) is 0 Å². The van der Waals surface area contributed by atoms with Crippen LogP contribution in [0.15, 0.2) is 67.0 Å². The van der Waals surface area contributed by atoms with Crippen molar-refractivity contribution in [1.29, 1.82) is 0 Å². The van der Waals surface area contributed by atoms with E-state index in [0.29, 0.717) is 11.7 Å². The third kappa shape index (κ3) is 4.53. The fourth-order valence-corrected chi connectivity index (χ4v) is 3.81. The molecule has 2 aromatic heterocycles. The number of carbonyl (C=O) groups is 1. The van der Waals surface area contributed by atoms with Crippen LogP contribution in [0.4, 0.5) is 5.13 Å². The second kappa shape index (κ2) is 8.19. The van der Waals surface area contributed by atoms with Gasteiger partial charge >= 0.3 is 0 Å². The normalized spacial score (nSPS) is 10.8. The average molecular weight is 389 g/mol. The van der Waals surface area contributed by atoms with Crippen molar-refractivity contribution < 1.29 is 9.53 Å². The highest BCUT2D eigenvalue weighted by atomic mass is 32.1. The molecule has 0 saturated carbocycles. The zero-order valence-corrected chi connectivity index (χ0v) is 16.2. The molecule has 140 valence electrons. The van der Waals surface area contributed by atoms with E-state index >= 15 is 0 Å². The van der Waals surface area contributed by atoms with Crippen LogP contribution in [0.1, 0.15) is 16.7 Å². The van der Waals surface area contributed by atoms with Gasteiger partial charge < -0.3 is 10.1 Å². The second-order valence-electron chi connectivity index (χ2n) is 6.51. The monoisotopic (exact) mass is 389 g/mol. The summed E-state index contributed by atoms with van der Waals surface area (Å²) in [6.45, 7) is 2.48. The Hall–Kier alpha value is -3.25. The lowest BCUT2D eigenvalue weighted by atomic mass is 10.1. The molecular formula is C22H19N3O2S. The number of amides is 1. The van der Waals surface area contributed by atoms with Crippen LogP contribution in [0.5, 0.6) is 5.75 Å². The minimum absolute atomic E-state index is 0.0970. The highest BCUT2D eigenvalue weighted by Crippen LogP contribution is 2.26. The summed E-state index contributed by atoms with van der Waals surface area (Å²) in [7, 11) is 0. The lowest BCUT2D eigenvalue weighted by molar-refractivity contribution is -0.115.